The highest BCUT2D eigenvalue weighted by Crippen LogP contribution is 2.41. The van der Waals surface area contributed by atoms with Crippen LogP contribution in [0.15, 0.2) is 28.7 Å². The van der Waals surface area contributed by atoms with Crippen LogP contribution in [0.1, 0.15) is 43.3 Å². The first kappa shape index (κ1) is 14.8. The number of nitrogens with zero attached hydrogens (tertiary/aromatic N) is 1. The molecule has 1 atom stereocenters. The fourth-order valence-corrected chi connectivity index (χ4v) is 3.68. The molecular weight excluding hydrogens is 331 g/mol. The molecule has 1 heterocycles. The average molecular weight is 351 g/mol. The molecule has 0 bridgehead atoms. The van der Waals surface area contributed by atoms with Gasteiger partial charge in [0.15, 0.2) is 0 Å². The van der Waals surface area contributed by atoms with Crippen LogP contribution in [0.5, 0.6) is 0 Å². The van der Waals surface area contributed by atoms with E-state index in [0.29, 0.717) is 4.47 Å². The highest BCUT2D eigenvalue weighted by Gasteiger charge is 2.33. The van der Waals surface area contributed by atoms with Crippen LogP contribution in [-0.4, -0.2) is 4.57 Å². The number of benzene rings is 1. The lowest BCUT2D eigenvalue weighted by Crippen LogP contribution is -2.30. The number of nitrogens with two attached hydrogens (primary N) is 1. The molecule has 1 aromatic heterocycles. The third kappa shape index (κ3) is 2.55. The molecule has 2 nitrogen and oxygen atoms in total. The predicted octanol–water partition coefficient (Wildman–Crippen LogP) is 4.66. The van der Waals surface area contributed by atoms with Crippen LogP contribution in [0.25, 0.3) is 5.69 Å². The van der Waals surface area contributed by atoms with Crippen LogP contribution in [0.2, 0.25) is 0 Å². The van der Waals surface area contributed by atoms with Crippen LogP contribution in [-0.2, 0) is 6.42 Å². The summed E-state index contributed by atoms with van der Waals surface area (Å²) in [7, 11) is 0. The quantitative estimate of drug-likeness (QED) is 0.796. The summed E-state index contributed by atoms with van der Waals surface area (Å²) in [5.41, 5.74) is 10.9. The molecule has 0 spiro atoms. The zero-order valence-electron chi connectivity index (χ0n) is 12.6. The molecule has 2 aromatic rings. The Balaban J connectivity index is 2.18. The number of halogens is 2. The van der Waals surface area contributed by atoms with Gasteiger partial charge in [0.25, 0.3) is 0 Å². The average Bonchev–Trinajstić information content (AvgIpc) is 2.68. The molecule has 3 rings (SSSR count). The molecule has 4 heteroatoms. The monoisotopic (exact) mass is 350 g/mol. The number of aryl methyl sites for hydroxylation is 1. The Kier molecular flexibility index (Phi) is 3.49. The third-order valence-electron chi connectivity index (χ3n) is 4.30. The zero-order valence-corrected chi connectivity index (χ0v) is 14.2. The lowest BCUT2D eigenvalue weighted by molar-refractivity contribution is 0.278. The lowest BCUT2D eigenvalue weighted by atomic mass is 9.74. The van der Waals surface area contributed by atoms with E-state index in [2.05, 4.69) is 47.3 Å². The predicted molar refractivity (Wildman–Crippen MR) is 87.2 cm³/mol. The van der Waals surface area contributed by atoms with Crippen molar-refractivity contribution in [2.24, 2.45) is 11.1 Å². The van der Waals surface area contributed by atoms with Gasteiger partial charge in [0.05, 0.1) is 4.47 Å². The minimum Gasteiger partial charge on any atom is -0.324 e. The summed E-state index contributed by atoms with van der Waals surface area (Å²) >= 11 is 3.21. The van der Waals surface area contributed by atoms with Crippen molar-refractivity contribution in [3.63, 3.8) is 0 Å². The van der Waals surface area contributed by atoms with Gasteiger partial charge in [-0.1, -0.05) is 13.8 Å². The molecule has 1 aromatic carbocycles. The van der Waals surface area contributed by atoms with Gasteiger partial charge < -0.3 is 10.3 Å². The van der Waals surface area contributed by atoms with Crippen molar-refractivity contribution in [3.8, 4) is 5.69 Å². The minimum atomic E-state index is -0.242. The molecule has 0 radical (unpaired) electrons. The molecule has 2 N–H and O–H groups in total. The molecule has 1 aliphatic carbocycles. The Morgan fingerprint density at radius 3 is 2.71 bits per heavy atom. The number of rotatable bonds is 1. The highest BCUT2D eigenvalue weighted by molar-refractivity contribution is 9.10. The lowest BCUT2D eigenvalue weighted by Gasteiger charge is -2.34. The second-order valence-electron chi connectivity index (χ2n) is 6.77. The van der Waals surface area contributed by atoms with Crippen molar-refractivity contribution in [1.82, 2.24) is 4.57 Å². The van der Waals surface area contributed by atoms with E-state index in [0.717, 1.165) is 24.2 Å². The molecule has 0 saturated carbocycles. The Hall–Kier alpha value is -1.13. The zero-order chi connectivity index (χ0) is 15.4. The molecular formula is C17H20BrFN2. The number of hydrogen-bond donors (Lipinski definition) is 1. The Bertz CT molecular complexity index is 703. The summed E-state index contributed by atoms with van der Waals surface area (Å²) in [6.45, 7) is 6.53. The van der Waals surface area contributed by atoms with Crippen LogP contribution in [0.3, 0.4) is 0 Å². The van der Waals surface area contributed by atoms with E-state index in [1.165, 1.54) is 11.3 Å². The number of fused-ring (bicyclic) bond motifs is 1. The summed E-state index contributed by atoms with van der Waals surface area (Å²) in [6.07, 6.45) is 1.94. The van der Waals surface area contributed by atoms with Crippen molar-refractivity contribution >= 4 is 15.9 Å². The van der Waals surface area contributed by atoms with E-state index in [1.54, 1.807) is 12.1 Å². The van der Waals surface area contributed by atoms with Crippen molar-refractivity contribution in [2.45, 2.75) is 39.7 Å². The minimum absolute atomic E-state index is 0.0593. The summed E-state index contributed by atoms with van der Waals surface area (Å²) in [5.74, 6) is -0.242. The van der Waals surface area contributed by atoms with E-state index in [9.17, 15) is 4.39 Å². The van der Waals surface area contributed by atoms with Gasteiger partial charge in [0.2, 0.25) is 0 Å². The van der Waals surface area contributed by atoms with Gasteiger partial charge in [-0.15, -0.1) is 0 Å². The van der Waals surface area contributed by atoms with E-state index in [4.69, 9.17) is 5.73 Å². The maximum absolute atomic E-state index is 13.9. The summed E-state index contributed by atoms with van der Waals surface area (Å²) < 4.78 is 16.5. The van der Waals surface area contributed by atoms with E-state index < -0.39 is 0 Å². The second-order valence-corrected chi connectivity index (χ2v) is 7.63. The van der Waals surface area contributed by atoms with Crippen LogP contribution in [0, 0.1) is 18.2 Å². The standard InChI is InChI=1S/C17H20BrFN2/c1-10-6-12-15(20)8-17(2,3)9-16(12)21(10)11-4-5-13(18)14(19)7-11/h4-7,15H,8-9,20H2,1-3H3. The molecule has 0 amide bonds. The molecule has 0 saturated heterocycles. The van der Waals surface area contributed by atoms with Crippen molar-refractivity contribution in [3.05, 3.63) is 51.5 Å². The maximum atomic E-state index is 13.9. The Morgan fingerprint density at radius 1 is 1.33 bits per heavy atom. The highest BCUT2D eigenvalue weighted by atomic mass is 79.9. The fraction of sp³-hybridized carbons (Fsp3) is 0.412. The third-order valence-corrected chi connectivity index (χ3v) is 4.94. The van der Waals surface area contributed by atoms with Gasteiger partial charge in [-0.25, -0.2) is 4.39 Å². The Morgan fingerprint density at radius 2 is 2.05 bits per heavy atom. The van der Waals surface area contributed by atoms with Crippen LogP contribution in [0.4, 0.5) is 4.39 Å². The van der Waals surface area contributed by atoms with E-state index in [-0.39, 0.29) is 17.3 Å². The molecule has 0 aliphatic heterocycles. The van der Waals surface area contributed by atoms with Gasteiger partial charge in [-0.05, 0) is 70.9 Å². The van der Waals surface area contributed by atoms with Gasteiger partial charge >= 0.3 is 0 Å². The smallest absolute Gasteiger partial charge is 0.139 e. The largest absolute Gasteiger partial charge is 0.324 e. The molecule has 21 heavy (non-hydrogen) atoms. The van der Waals surface area contributed by atoms with Crippen molar-refractivity contribution in [2.75, 3.05) is 0 Å². The summed E-state index contributed by atoms with van der Waals surface area (Å²) in [5, 5.41) is 0. The van der Waals surface area contributed by atoms with Crippen LogP contribution >= 0.6 is 15.9 Å². The van der Waals surface area contributed by atoms with Gasteiger partial charge in [-0.3, -0.25) is 0 Å². The maximum Gasteiger partial charge on any atom is 0.139 e. The summed E-state index contributed by atoms with van der Waals surface area (Å²) in [6, 6.07) is 7.47. The first-order valence-corrected chi connectivity index (χ1v) is 8.00. The SMILES string of the molecule is Cc1cc2c(n1-c1ccc(Br)c(F)c1)CC(C)(C)CC2N. The summed E-state index contributed by atoms with van der Waals surface area (Å²) in [4.78, 5) is 0. The topological polar surface area (TPSA) is 30.9 Å². The Labute approximate surface area is 133 Å². The normalized spacial score (nSPS) is 20.4. The first-order chi connectivity index (χ1) is 9.78. The second kappa shape index (κ2) is 4.96. The van der Waals surface area contributed by atoms with Crippen LogP contribution < -0.4 is 5.73 Å². The van der Waals surface area contributed by atoms with Crippen molar-refractivity contribution in [1.29, 1.82) is 0 Å². The molecule has 0 fully saturated rings. The fourth-order valence-electron chi connectivity index (χ4n) is 3.43. The molecule has 112 valence electrons. The number of hydrogen-bond acceptors (Lipinski definition) is 1. The van der Waals surface area contributed by atoms with Gasteiger partial charge in [0.1, 0.15) is 5.82 Å². The molecule has 1 unspecified atom stereocenters. The van der Waals surface area contributed by atoms with Gasteiger partial charge in [-0.2, -0.15) is 0 Å². The van der Waals surface area contributed by atoms with E-state index in [1.807, 2.05) is 6.07 Å². The van der Waals surface area contributed by atoms with Crippen molar-refractivity contribution < 1.29 is 4.39 Å². The number of aromatic nitrogens is 1. The van der Waals surface area contributed by atoms with E-state index >= 15 is 0 Å². The van der Waals surface area contributed by atoms with Gasteiger partial charge in [0, 0.05) is 23.1 Å². The first-order valence-electron chi connectivity index (χ1n) is 7.21. The molecule has 1 aliphatic rings.